The molecule has 4 heterocycles. The van der Waals surface area contributed by atoms with Gasteiger partial charge < -0.3 is 20.1 Å². The second-order valence-corrected chi connectivity index (χ2v) is 10.1. The van der Waals surface area contributed by atoms with Gasteiger partial charge in [0.15, 0.2) is 5.82 Å². The molecule has 2 unspecified atom stereocenters. The minimum absolute atomic E-state index is 0.0419. The highest BCUT2D eigenvalue weighted by atomic mass is 19.1. The van der Waals surface area contributed by atoms with Crippen molar-refractivity contribution in [3.8, 4) is 23.0 Å². The Balaban J connectivity index is 0.00000165. The molecular formula is C32H37FN6O2. The maximum atomic E-state index is 16.4. The fourth-order valence-corrected chi connectivity index (χ4v) is 5.52. The van der Waals surface area contributed by atoms with Crippen molar-refractivity contribution in [3.05, 3.63) is 60.2 Å². The fourth-order valence-electron chi connectivity index (χ4n) is 5.52. The number of hydrogen-bond donors (Lipinski definition) is 2. The SMILES string of the molecule is C/C=C(/COc1nc(N2CC3CCC(C2)N3)c2cnc(-c3cc(O)cc4ccccc34)c(F)c2n1)N=CCC.CC. The van der Waals surface area contributed by atoms with Gasteiger partial charge in [-0.25, -0.2) is 4.39 Å². The van der Waals surface area contributed by atoms with Crippen LogP contribution in [-0.2, 0) is 0 Å². The number of nitrogens with zero attached hydrogens (tertiary/aromatic N) is 5. The highest BCUT2D eigenvalue weighted by Crippen LogP contribution is 2.37. The molecule has 41 heavy (non-hydrogen) atoms. The van der Waals surface area contributed by atoms with E-state index in [9.17, 15) is 5.11 Å². The van der Waals surface area contributed by atoms with Gasteiger partial charge >= 0.3 is 6.01 Å². The van der Waals surface area contributed by atoms with E-state index in [4.69, 9.17) is 9.72 Å². The number of anilines is 1. The number of hydrogen-bond acceptors (Lipinski definition) is 8. The lowest BCUT2D eigenvalue weighted by Crippen LogP contribution is -2.51. The summed E-state index contributed by atoms with van der Waals surface area (Å²) < 4.78 is 22.4. The molecule has 2 N–H and O–H groups in total. The molecule has 0 aliphatic carbocycles. The molecule has 0 radical (unpaired) electrons. The summed E-state index contributed by atoms with van der Waals surface area (Å²) in [6.07, 6.45) is 8.35. The summed E-state index contributed by atoms with van der Waals surface area (Å²) in [5, 5.41) is 16.1. The van der Waals surface area contributed by atoms with Crippen LogP contribution in [0.25, 0.3) is 32.9 Å². The van der Waals surface area contributed by atoms with E-state index in [0.29, 0.717) is 28.9 Å². The first-order valence-corrected chi connectivity index (χ1v) is 14.4. The van der Waals surface area contributed by atoms with Crippen LogP contribution in [0.5, 0.6) is 11.8 Å². The Bertz CT molecular complexity index is 1590. The number of halogens is 1. The normalized spacial score (nSPS) is 18.7. The standard InChI is InChI=1S/C30H31FN6O2.C2H6/c1-3-11-32-19(4-2)17-39-30-35-28-25(29(36-30)37-15-20-9-10-21(16-37)34-20)14-33-27(26(28)31)24-13-22(38)12-18-7-5-6-8-23(18)24;1-2/h4-8,11-14,20-21,34,38H,3,9-10,15-17H2,1-2H3;1-2H3/b19-4-,32-11?;. The van der Waals surface area contributed by atoms with Crippen LogP contribution in [0.2, 0.25) is 0 Å². The number of pyridine rings is 1. The number of aromatic nitrogens is 3. The Labute approximate surface area is 240 Å². The molecule has 2 aromatic carbocycles. The van der Waals surface area contributed by atoms with Crippen molar-refractivity contribution >= 4 is 33.7 Å². The van der Waals surface area contributed by atoms with E-state index < -0.39 is 5.82 Å². The maximum Gasteiger partial charge on any atom is 0.319 e. The number of phenolic OH excluding ortho intramolecular Hbond substituents is 1. The average molecular weight is 557 g/mol. The lowest BCUT2D eigenvalue weighted by molar-refractivity contribution is 0.323. The molecule has 9 heteroatoms. The van der Waals surface area contributed by atoms with Crippen molar-refractivity contribution in [1.82, 2.24) is 20.3 Å². The highest BCUT2D eigenvalue weighted by molar-refractivity contribution is 5.99. The molecule has 0 saturated carbocycles. The second kappa shape index (κ2) is 12.6. The van der Waals surface area contributed by atoms with Crippen molar-refractivity contribution in [2.45, 2.75) is 59.0 Å². The van der Waals surface area contributed by atoms with E-state index in [0.717, 1.165) is 48.8 Å². The molecule has 0 amide bonds. The van der Waals surface area contributed by atoms with Crippen LogP contribution in [0, 0.1) is 5.82 Å². The molecule has 2 aliphatic heterocycles. The number of allylic oxidation sites excluding steroid dienone is 1. The molecule has 0 spiro atoms. The van der Waals surface area contributed by atoms with E-state index in [2.05, 4.69) is 25.2 Å². The number of aromatic hydroxyl groups is 1. The van der Waals surface area contributed by atoms with Crippen molar-refractivity contribution in [1.29, 1.82) is 0 Å². The topological polar surface area (TPSA) is 95.8 Å². The summed E-state index contributed by atoms with van der Waals surface area (Å²) in [6, 6.07) is 11.5. The number of ether oxygens (including phenoxy) is 1. The molecule has 4 aromatic rings. The summed E-state index contributed by atoms with van der Waals surface area (Å²) in [6.45, 7) is 9.61. The minimum Gasteiger partial charge on any atom is -0.508 e. The highest BCUT2D eigenvalue weighted by Gasteiger charge is 2.34. The monoisotopic (exact) mass is 556 g/mol. The number of nitrogens with one attached hydrogen (secondary N) is 1. The smallest absolute Gasteiger partial charge is 0.319 e. The van der Waals surface area contributed by atoms with Crippen LogP contribution in [0.15, 0.2) is 59.4 Å². The van der Waals surface area contributed by atoms with Gasteiger partial charge in [0, 0.05) is 43.1 Å². The van der Waals surface area contributed by atoms with Crippen molar-refractivity contribution in [3.63, 3.8) is 0 Å². The molecule has 2 saturated heterocycles. The van der Waals surface area contributed by atoms with Gasteiger partial charge in [0.1, 0.15) is 29.4 Å². The summed E-state index contributed by atoms with van der Waals surface area (Å²) in [7, 11) is 0. The number of aliphatic imine (C=N–C) groups is 1. The number of benzene rings is 2. The summed E-state index contributed by atoms with van der Waals surface area (Å²) >= 11 is 0. The van der Waals surface area contributed by atoms with E-state index in [-0.39, 0.29) is 29.6 Å². The predicted molar refractivity (Wildman–Crippen MR) is 163 cm³/mol. The van der Waals surface area contributed by atoms with Gasteiger partial charge in [0.2, 0.25) is 0 Å². The second-order valence-electron chi connectivity index (χ2n) is 10.1. The third kappa shape index (κ3) is 5.86. The van der Waals surface area contributed by atoms with Gasteiger partial charge in [0.05, 0.1) is 11.1 Å². The van der Waals surface area contributed by atoms with Crippen LogP contribution in [0.4, 0.5) is 10.2 Å². The Morgan fingerprint density at radius 2 is 1.90 bits per heavy atom. The average Bonchev–Trinajstić information content (AvgIpc) is 3.34. The largest absolute Gasteiger partial charge is 0.508 e. The minimum atomic E-state index is -0.579. The first kappa shape index (κ1) is 28.4. The number of phenols is 1. The molecule has 2 aliphatic rings. The summed E-state index contributed by atoms with van der Waals surface area (Å²) in [5.41, 5.74) is 1.49. The van der Waals surface area contributed by atoms with E-state index in [1.54, 1.807) is 12.3 Å². The molecule has 2 bridgehead atoms. The van der Waals surface area contributed by atoms with Crippen molar-refractivity contribution < 1.29 is 14.2 Å². The number of fused-ring (bicyclic) bond motifs is 4. The van der Waals surface area contributed by atoms with Crippen LogP contribution in [-0.4, -0.2) is 58.1 Å². The van der Waals surface area contributed by atoms with Crippen LogP contribution < -0.4 is 15.0 Å². The van der Waals surface area contributed by atoms with E-state index in [1.165, 1.54) is 6.07 Å². The third-order valence-electron chi connectivity index (χ3n) is 7.38. The van der Waals surface area contributed by atoms with Gasteiger partial charge in [0.25, 0.3) is 0 Å². The van der Waals surface area contributed by atoms with Crippen LogP contribution in [0.3, 0.4) is 0 Å². The molecule has 2 atom stereocenters. The molecule has 2 aromatic heterocycles. The van der Waals surface area contributed by atoms with Crippen molar-refractivity contribution in [2.24, 2.45) is 4.99 Å². The first-order chi connectivity index (χ1) is 20.0. The number of piperazine rings is 1. The molecule has 214 valence electrons. The predicted octanol–water partition coefficient (Wildman–Crippen LogP) is 6.42. The third-order valence-corrected chi connectivity index (χ3v) is 7.38. The van der Waals surface area contributed by atoms with E-state index in [1.807, 2.05) is 64.3 Å². The first-order valence-electron chi connectivity index (χ1n) is 14.4. The Morgan fingerprint density at radius 3 is 2.63 bits per heavy atom. The molecular weight excluding hydrogens is 519 g/mol. The van der Waals surface area contributed by atoms with Gasteiger partial charge in [-0.1, -0.05) is 51.1 Å². The Morgan fingerprint density at radius 1 is 1.15 bits per heavy atom. The summed E-state index contributed by atoms with van der Waals surface area (Å²) in [5.74, 6) is 0.0801. The Kier molecular flexibility index (Phi) is 8.73. The zero-order valence-electron chi connectivity index (χ0n) is 24.1. The van der Waals surface area contributed by atoms with Crippen LogP contribution in [0.1, 0.15) is 47.0 Å². The van der Waals surface area contributed by atoms with Gasteiger partial charge in [-0.2, -0.15) is 9.97 Å². The van der Waals surface area contributed by atoms with Gasteiger partial charge in [-0.15, -0.1) is 0 Å². The lowest BCUT2D eigenvalue weighted by atomic mass is 10.0. The Hall–Kier alpha value is -4.11. The number of rotatable bonds is 7. The lowest BCUT2D eigenvalue weighted by Gasteiger charge is -2.34. The van der Waals surface area contributed by atoms with E-state index >= 15 is 4.39 Å². The summed E-state index contributed by atoms with van der Waals surface area (Å²) in [4.78, 5) is 20.4. The zero-order valence-corrected chi connectivity index (χ0v) is 24.1. The fraction of sp³-hybridized carbons (Fsp3) is 0.375. The zero-order chi connectivity index (χ0) is 28.9. The molecule has 2 fully saturated rings. The van der Waals surface area contributed by atoms with Gasteiger partial charge in [-0.05, 0) is 49.1 Å². The maximum absolute atomic E-state index is 16.4. The van der Waals surface area contributed by atoms with Crippen LogP contribution >= 0.6 is 0 Å². The van der Waals surface area contributed by atoms with Gasteiger partial charge in [-0.3, -0.25) is 9.98 Å². The quantitative estimate of drug-likeness (QED) is 0.254. The molecule has 8 nitrogen and oxygen atoms in total. The molecule has 6 rings (SSSR count). The van der Waals surface area contributed by atoms with Crippen molar-refractivity contribution in [2.75, 3.05) is 24.6 Å².